The van der Waals surface area contributed by atoms with Crippen LogP contribution in [-0.4, -0.2) is 16.1 Å². The number of carboxylic acids is 1. The lowest BCUT2D eigenvalue weighted by Gasteiger charge is -2.15. The van der Waals surface area contributed by atoms with Crippen LogP contribution < -0.4 is 0 Å². The van der Waals surface area contributed by atoms with Gasteiger partial charge in [0.1, 0.15) is 5.56 Å². The summed E-state index contributed by atoms with van der Waals surface area (Å²) < 4.78 is 51.9. The minimum absolute atomic E-state index is 0.00528. The summed E-state index contributed by atoms with van der Waals surface area (Å²) in [5.74, 6) is -3.84. The Morgan fingerprint density at radius 1 is 1.50 bits per heavy atom. The number of halogens is 4. The summed E-state index contributed by atoms with van der Waals surface area (Å²) in [5, 5.41) is 8.73. The second-order valence-corrected chi connectivity index (χ2v) is 4.36. The Labute approximate surface area is 99.5 Å². The number of hydrogen-bond acceptors (Lipinski definition) is 2. The van der Waals surface area contributed by atoms with E-state index in [1.165, 1.54) is 0 Å². The third kappa shape index (κ3) is 2.04. The average molecular weight is 263 g/mol. The fraction of sp³-hybridized carbons (Fsp3) is 0.455. The van der Waals surface area contributed by atoms with Crippen LogP contribution in [0.1, 0.15) is 40.9 Å². The Balaban J connectivity index is 2.68. The molecule has 1 aliphatic carbocycles. The monoisotopic (exact) mass is 263 g/mol. The molecule has 18 heavy (non-hydrogen) atoms. The molecule has 98 valence electrons. The number of pyridine rings is 1. The fourth-order valence-corrected chi connectivity index (χ4v) is 1.98. The second-order valence-electron chi connectivity index (χ2n) is 4.36. The molecule has 1 unspecified atom stereocenters. The van der Waals surface area contributed by atoms with Gasteiger partial charge in [-0.15, -0.1) is 0 Å². The van der Waals surface area contributed by atoms with E-state index in [0.29, 0.717) is 12.6 Å². The van der Waals surface area contributed by atoms with Crippen LogP contribution in [0, 0.1) is 11.7 Å². The first-order valence-corrected chi connectivity index (χ1v) is 5.22. The molecule has 0 amide bonds. The molecule has 2 atom stereocenters. The summed E-state index contributed by atoms with van der Waals surface area (Å²) in [4.78, 5) is 14.2. The molecule has 1 saturated carbocycles. The molecule has 0 saturated heterocycles. The average Bonchev–Trinajstić information content (AvgIpc) is 2.93. The summed E-state index contributed by atoms with van der Waals surface area (Å²) in [6, 6.07) is 0. The Morgan fingerprint density at radius 3 is 2.44 bits per heavy atom. The van der Waals surface area contributed by atoms with Crippen molar-refractivity contribution in [3.63, 3.8) is 0 Å². The molecule has 1 aromatic heterocycles. The van der Waals surface area contributed by atoms with E-state index in [-0.39, 0.29) is 11.6 Å². The number of carbonyl (C=O) groups is 1. The van der Waals surface area contributed by atoms with Gasteiger partial charge in [0.15, 0.2) is 5.82 Å². The lowest BCUT2D eigenvalue weighted by atomic mass is 10.0. The number of nitrogens with zero attached hydrogens (tertiary/aromatic N) is 1. The summed E-state index contributed by atoms with van der Waals surface area (Å²) >= 11 is 0. The van der Waals surface area contributed by atoms with Crippen LogP contribution in [-0.2, 0) is 6.18 Å². The minimum Gasteiger partial charge on any atom is -0.478 e. The van der Waals surface area contributed by atoms with E-state index in [4.69, 9.17) is 5.11 Å². The Bertz CT molecular complexity index is 513. The molecule has 1 heterocycles. The van der Waals surface area contributed by atoms with Gasteiger partial charge < -0.3 is 5.11 Å². The number of alkyl halides is 3. The molecular formula is C11H9F4NO2. The maximum absolute atomic E-state index is 13.2. The highest BCUT2D eigenvalue weighted by molar-refractivity contribution is 5.90. The van der Waals surface area contributed by atoms with E-state index >= 15 is 0 Å². The van der Waals surface area contributed by atoms with Crippen molar-refractivity contribution in [2.75, 3.05) is 0 Å². The number of aromatic nitrogens is 1. The highest BCUT2D eigenvalue weighted by Gasteiger charge is 2.46. The van der Waals surface area contributed by atoms with Gasteiger partial charge in [-0.1, -0.05) is 6.92 Å². The van der Waals surface area contributed by atoms with Gasteiger partial charge >= 0.3 is 12.1 Å². The molecule has 1 aliphatic rings. The van der Waals surface area contributed by atoms with E-state index in [0.717, 1.165) is 0 Å². The van der Waals surface area contributed by atoms with Gasteiger partial charge in [-0.2, -0.15) is 13.2 Å². The van der Waals surface area contributed by atoms with Crippen molar-refractivity contribution in [2.24, 2.45) is 5.92 Å². The first kappa shape index (κ1) is 12.8. The first-order chi connectivity index (χ1) is 8.23. The zero-order chi connectivity index (χ0) is 13.7. The molecule has 7 heteroatoms. The second kappa shape index (κ2) is 3.93. The largest absolute Gasteiger partial charge is 0.478 e. The minimum atomic E-state index is -4.93. The molecule has 0 aliphatic heterocycles. The van der Waals surface area contributed by atoms with Crippen molar-refractivity contribution in [1.82, 2.24) is 4.98 Å². The van der Waals surface area contributed by atoms with Crippen molar-refractivity contribution in [3.05, 3.63) is 28.8 Å². The SMILES string of the molecule is CC1C[C@@H]1c1ncc(F)c(C(=O)O)c1C(F)(F)F. The highest BCUT2D eigenvalue weighted by atomic mass is 19.4. The van der Waals surface area contributed by atoms with Crippen molar-refractivity contribution >= 4 is 5.97 Å². The third-order valence-corrected chi connectivity index (χ3v) is 3.02. The molecule has 0 bridgehead atoms. The number of carboxylic acid groups (broad SMARTS) is 1. The van der Waals surface area contributed by atoms with Crippen LogP contribution in [0.3, 0.4) is 0 Å². The van der Waals surface area contributed by atoms with Gasteiger partial charge in [0.05, 0.1) is 17.5 Å². The lowest BCUT2D eigenvalue weighted by Crippen LogP contribution is -2.19. The summed E-state index contributed by atoms with van der Waals surface area (Å²) in [7, 11) is 0. The summed E-state index contributed by atoms with van der Waals surface area (Å²) in [5.41, 5.74) is -3.16. The predicted molar refractivity (Wildman–Crippen MR) is 52.7 cm³/mol. The topological polar surface area (TPSA) is 50.2 Å². The zero-order valence-electron chi connectivity index (χ0n) is 9.25. The Hall–Kier alpha value is -1.66. The molecule has 2 rings (SSSR count). The molecule has 1 N–H and O–H groups in total. The molecule has 0 aromatic carbocycles. The van der Waals surface area contributed by atoms with Crippen LogP contribution in [0.4, 0.5) is 17.6 Å². The van der Waals surface area contributed by atoms with Gasteiger partial charge in [-0.3, -0.25) is 4.98 Å². The first-order valence-electron chi connectivity index (χ1n) is 5.22. The standard InChI is InChI=1S/C11H9F4NO2/c1-4-2-5(4)9-8(11(13,14)15)7(10(17)18)6(12)3-16-9/h3-5H,2H2,1H3,(H,17,18)/t4?,5-/m0/s1. The fourth-order valence-electron chi connectivity index (χ4n) is 1.98. The molecule has 1 fully saturated rings. The summed E-state index contributed by atoms with van der Waals surface area (Å²) in [6.07, 6.45) is -3.89. The third-order valence-electron chi connectivity index (χ3n) is 3.02. The van der Waals surface area contributed by atoms with Gasteiger partial charge in [0.25, 0.3) is 0 Å². The van der Waals surface area contributed by atoms with E-state index in [9.17, 15) is 22.4 Å². The van der Waals surface area contributed by atoms with Crippen molar-refractivity contribution < 1.29 is 27.5 Å². The quantitative estimate of drug-likeness (QED) is 0.834. The van der Waals surface area contributed by atoms with Crippen molar-refractivity contribution in [2.45, 2.75) is 25.4 Å². The maximum atomic E-state index is 13.2. The van der Waals surface area contributed by atoms with E-state index < -0.39 is 35.0 Å². The van der Waals surface area contributed by atoms with Crippen LogP contribution >= 0.6 is 0 Å². The van der Waals surface area contributed by atoms with E-state index in [1.807, 2.05) is 0 Å². The molecule has 1 aromatic rings. The number of aromatic carboxylic acids is 1. The molecule has 3 nitrogen and oxygen atoms in total. The van der Waals surface area contributed by atoms with Crippen molar-refractivity contribution in [1.29, 1.82) is 0 Å². The van der Waals surface area contributed by atoms with Crippen LogP contribution in [0.25, 0.3) is 0 Å². The maximum Gasteiger partial charge on any atom is 0.419 e. The predicted octanol–water partition coefficient (Wildman–Crippen LogP) is 3.06. The zero-order valence-corrected chi connectivity index (χ0v) is 9.25. The number of rotatable bonds is 2. The van der Waals surface area contributed by atoms with Crippen LogP contribution in [0.2, 0.25) is 0 Å². The molecular weight excluding hydrogens is 254 g/mol. The van der Waals surface area contributed by atoms with Gasteiger partial charge in [0.2, 0.25) is 0 Å². The smallest absolute Gasteiger partial charge is 0.419 e. The van der Waals surface area contributed by atoms with E-state index in [1.54, 1.807) is 6.92 Å². The normalized spacial score (nSPS) is 22.9. The summed E-state index contributed by atoms with van der Waals surface area (Å²) in [6.45, 7) is 1.73. The Morgan fingerprint density at radius 2 is 2.06 bits per heavy atom. The van der Waals surface area contributed by atoms with Gasteiger partial charge in [-0.05, 0) is 12.3 Å². The van der Waals surface area contributed by atoms with Crippen LogP contribution in [0.15, 0.2) is 6.20 Å². The van der Waals surface area contributed by atoms with Crippen LogP contribution in [0.5, 0.6) is 0 Å². The highest BCUT2D eigenvalue weighted by Crippen LogP contribution is 2.50. The lowest BCUT2D eigenvalue weighted by molar-refractivity contribution is -0.139. The van der Waals surface area contributed by atoms with Gasteiger partial charge in [0, 0.05) is 5.92 Å². The van der Waals surface area contributed by atoms with Crippen molar-refractivity contribution in [3.8, 4) is 0 Å². The van der Waals surface area contributed by atoms with E-state index in [2.05, 4.69) is 4.98 Å². The van der Waals surface area contributed by atoms with Gasteiger partial charge in [-0.25, -0.2) is 9.18 Å². The molecule has 0 spiro atoms. The molecule has 0 radical (unpaired) electrons. The Kier molecular flexibility index (Phi) is 2.79. The number of hydrogen-bond donors (Lipinski definition) is 1.